The van der Waals surface area contributed by atoms with Crippen molar-refractivity contribution in [1.29, 1.82) is 0 Å². The van der Waals surface area contributed by atoms with Crippen molar-refractivity contribution < 1.29 is 19.2 Å². The van der Waals surface area contributed by atoms with Gasteiger partial charge in [-0.1, -0.05) is 18.2 Å². The second-order valence-corrected chi connectivity index (χ2v) is 5.07. The molecule has 2 rings (SSSR count). The lowest BCUT2D eigenvalue weighted by Gasteiger charge is -2.27. The lowest BCUT2D eigenvalue weighted by atomic mass is 10.1. The number of methoxy groups -OCH3 is 1. The van der Waals surface area contributed by atoms with Crippen molar-refractivity contribution in [2.75, 3.05) is 13.7 Å². The summed E-state index contributed by atoms with van der Waals surface area (Å²) in [4.78, 5) is 36.1. The van der Waals surface area contributed by atoms with Crippen LogP contribution < -0.4 is 10.1 Å². The maximum absolute atomic E-state index is 12.4. The minimum Gasteiger partial charge on any atom is -0.490 e. The lowest BCUT2D eigenvalue weighted by molar-refractivity contribution is -0.385. The molecule has 0 aromatic heterocycles. The quantitative estimate of drug-likeness (QED) is 0.216. The van der Waals surface area contributed by atoms with Gasteiger partial charge in [-0.05, 0) is 18.3 Å². The molecule has 0 unspecified atom stereocenters. The average molecular weight is 347 g/mol. The fourth-order valence-corrected chi connectivity index (χ4v) is 2.42. The van der Waals surface area contributed by atoms with Gasteiger partial charge in [-0.15, -0.1) is 6.58 Å². The van der Waals surface area contributed by atoms with Gasteiger partial charge in [-0.3, -0.25) is 29.9 Å². The van der Waals surface area contributed by atoms with Crippen molar-refractivity contribution >= 4 is 40.9 Å². The SMILES string of the molecule is C=CCN1C(=O)/C(=C/c2cccc([N+](=O)[O-])c2OC)C(=O)NC1=S. The number of ether oxygens (including phenoxy) is 1. The highest BCUT2D eigenvalue weighted by Gasteiger charge is 2.33. The van der Waals surface area contributed by atoms with Crippen LogP contribution in [0.2, 0.25) is 0 Å². The first-order valence-electron chi connectivity index (χ1n) is 6.71. The summed E-state index contributed by atoms with van der Waals surface area (Å²) in [6, 6.07) is 4.21. The van der Waals surface area contributed by atoms with Gasteiger partial charge in [-0.25, -0.2) is 0 Å². The number of thiocarbonyl (C=S) groups is 1. The van der Waals surface area contributed by atoms with E-state index >= 15 is 0 Å². The first-order chi connectivity index (χ1) is 11.4. The van der Waals surface area contributed by atoms with Gasteiger partial charge in [0.05, 0.1) is 12.0 Å². The van der Waals surface area contributed by atoms with Gasteiger partial charge in [0.15, 0.2) is 5.11 Å². The number of hydrogen-bond acceptors (Lipinski definition) is 6. The van der Waals surface area contributed by atoms with Crippen LogP contribution in [0.15, 0.2) is 36.4 Å². The third-order valence-corrected chi connectivity index (χ3v) is 3.55. The zero-order chi connectivity index (χ0) is 17.9. The van der Waals surface area contributed by atoms with Crippen molar-refractivity contribution in [3.63, 3.8) is 0 Å². The highest BCUT2D eigenvalue weighted by Crippen LogP contribution is 2.32. The molecule has 0 radical (unpaired) electrons. The summed E-state index contributed by atoms with van der Waals surface area (Å²) in [5, 5.41) is 13.4. The number of carbonyl (C=O) groups excluding carboxylic acids is 2. The highest BCUT2D eigenvalue weighted by atomic mass is 32.1. The first-order valence-corrected chi connectivity index (χ1v) is 7.12. The van der Waals surface area contributed by atoms with E-state index in [-0.39, 0.29) is 34.2 Å². The van der Waals surface area contributed by atoms with Crippen LogP contribution in [0.25, 0.3) is 6.08 Å². The van der Waals surface area contributed by atoms with Crippen LogP contribution in [-0.4, -0.2) is 40.4 Å². The molecule has 1 heterocycles. The molecule has 1 aromatic rings. The molecule has 1 aliphatic rings. The monoisotopic (exact) mass is 347 g/mol. The minimum absolute atomic E-state index is 0.0203. The van der Waals surface area contributed by atoms with Gasteiger partial charge in [0.2, 0.25) is 5.75 Å². The van der Waals surface area contributed by atoms with Crippen molar-refractivity contribution in [1.82, 2.24) is 10.2 Å². The molecule has 0 saturated carbocycles. The fourth-order valence-electron chi connectivity index (χ4n) is 2.17. The van der Waals surface area contributed by atoms with Crippen LogP contribution >= 0.6 is 12.2 Å². The van der Waals surface area contributed by atoms with Gasteiger partial charge >= 0.3 is 5.69 Å². The van der Waals surface area contributed by atoms with Crippen LogP contribution in [-0.2, 0) is 9.59 Å². The predicted octanol–water partition coefficient (Wildman–Crippen LogP) is 1.42. The van der Waals surface area contributed by atoms with Gasteiger partial charge < -0.3 is 4.74 Å². The molecule has 0 spiro atoms. The Morgan fingerprint density at radius 2 is 2.17 bits per heavy atom. The molecule has 24 heavy (non-hydrogen) atoms. The molecule has 1 aliphatic heterocycles. The van der Waals surface area contributed by atoms with Crippen molar-refractivity contribution in [3.8, 4) is 5.75 Å². The molecule has 9 heteroatoms. The molecule has 1 aromatic carbocycles. The third kappa shape index (κ3) is 3.15. The molecule has 0 atom stereocenters. The van der Waals surface area contributed by atoms with E-state index in [1.54, 1.807) is 0 Å². The number of nitro groups is 1. The molecule has 124 valence electrons. The van der Waals surface area contributed by atoms with Crippen molar-refractivity contribution in [3.05, 3.63) is 52.1 Å². The molecule has 1 saturated heterocycles. The maximum Gasteiger partial charge on any atom is 0.311 e. The Labute approximate surface area is 142 Å². The highest BCUT2D eigenvalue weighted by molar-refractivity contribution is 7.80. The number of carbonyl (C=O) groups is 2. The lowest BCUT2D eigenvalue weighted by Crippen LogP contribution is -2.53. The van der Waals surface area contributed by atoms with Crippen molar-refractivity contribution in [2.45, 2.75) is 0 Å². The predicted molar refractivity (Wildman–Crippen MR) is 90.3 cm³/mol. The molecule has 0 aliphatic carbocycles. The van der Waals surface area contributed by atoms with Gasteiger partial charge in [0.1, 0.15) is 5.57 Å². The Kier molecular flexibility index (Phi) is 5.05. The van der Waals surface area contributed by atoms with E-state index in [0.717, 1.165) is 0 Å². The minimum atomic E-state index is -0.682. The van der Waals surface area contributed by atoms with Gasteiger partial charge in [0, 0.05) is 18.2 Å². The maximum atomic E-state index is 12.4. The van der Waals surface area contributed by atoms with E-state index < -0.39 is 16.7 Å². The number of amides is 2. The Bertz CT molecular complexity index is 787. The molecule has 1 N–H and O–H groups in total. The zero-order valence-electron chi connectivity index (χ0n) is 12.6. The second kappa shape index (κ2) is 7.01. The van der Waals surface area contributed by atoms with Crippen LogP contribution in [0.1, 0.15) is 5.56 Å². The van der Waals surface area contributed by atoms with E-state index in [9.17, 15) is 19.7 Å². The van der Waals surface area contributed by atoms with Crippen LogP contribution in [0.5, 0.6) is 5.75 Å². The van der Waals surface area contributed by atoms with Crippen LogP contribution in [0.4, 0.5) is 5.69 Å². The molecular weight excluding hydrogens is 334 g/mol. The number of hydrogen-bond donors (Lipinski definition) is 1. The number of para-hydroxylation sites is 1. The molecule has 0 bridgehead atoms. The number of benzene rings is 1. The normalized spacial score (nSPS) is 16.1. The van der Waals surface area contributed by atoms with Gasteiger partial charge in [0.25, 0.3) is 11.8 Å². The fraction of sp³-hybridized carbons (Fsp3) is 0.133. The summed E-state index contributed by atoms with van der Waals surface area (Å²) in [5.74, 6) is -1.34. The molecule has 8 nitrogen and oxygen atoms in total. The Hall–Kier alpha value is -3.07. The number of nitrogens with zero attached hydrogens (tertiary/aromatic N) is 2. The molecular formula is C15H13N3O5S. The number of nitro benzene ring substituents is 1. The average Bonchev–Trinajstić information content (AvgIpc) is 2.54. The molecule has 2 amide bonds. The van der Waals surface area contributed by atoms with Gasteiger partial charge in [-0.2, -0.15) is 0 Å². The zero-order valence-corrected chi connectivity index (χ0v) is 13.5. The van der Waals surface area contributed by atoms with Crippen LogP contribution in [0, 0.1) is 10.1 Å². The number of nitrogens with one attached hydrogen (secondary N) is 1. The van der Waals surface area contributed by atoms with E-state index in [1.807, 2.05) is 0 Å². The third-order valence-electron chi connectivity index (χ3n) is 3.22. The van der Waals surface area contributed by atoms with Crippen molar-refractivity contribution in [2.24, 2.45) is 0 Å². The smallest absolute Gasteiger partial charge is 0.311 e. The summed E-state index contributed by atoms with van der Waals surface area (Å²) >= 11 is 4.95. The molecule has 1 fully saturated rings. The summed E-state index contributed by atoms with van der Waals surface area (Å²) in [5.41, 5.74) is -0.241. The Morgan fingerprint density at radius 1 is 1.46 bits per heavy atom. The summed E-state index contributed by atoms with van der Waals surface area (Å²) in [6.07, 6.45) is 2.70. The summed E-state index contributed by atoms with van der Waals surface area (Å²) in [7, 11) is 1.27. The standard InChI is InChI=1S/C15H13N3O5S/c1-3-7-17-14(20)10(13(19)16-15(17)24)8-9-5-4-6-11(18(21)22)12(9)23-2/h3-6,8H,1,7H2,2H3,(H,16,19,24)/b10-8+. The summed E-state index contributed by atoms with van der Waals surface area (Å²) < 4.78 is 5.06. The van der Waals surface area contributed by atoms with Crippen LogP contribution in [0.3, 0.4) is 0 Å². The number of rotatable bonds is 5. The Balaban J connectivity index is 2.53. The van der Waals surface area contributed by atoms with E-state index in [0.29, 0.717) is 0 Å². The van der Waals surface area contributed by atoms with E-state index in [1.165, 1.54) is 42.4 Å². The topological polar surface area (TPSA) is 102 Å². The first kappa shape index (κ1) is 17.3. The van der Waals surface area contributed by atoms with E-state index in [4.69, 9.17) is 17.0 Å². The summed E-state index contributed by atoms with van der Waals surface area (Å²) in [6.45, 7) is 3.66. The van der Waals surface area contributed by atoms with E-state index in [2.05, 4.69) is 11.9 Å². The largest absolute Gasteiger partial charge is 0.490 e. The Morgan fingerprint density at radius 3 is 2.75 bits per heavy atom. The second-order valence-electron chi connectivity index (χ2n) is 4.68.